The Balaban J connectivity index is 2.10. The molecule has 1 aliphatic rings. The maximum atomic E-state index is 12.4. The van der Waals surface area contributed by atoms with E-state index in [4.69, 9.17) is 5.73 Å². The first-order valence-electron chi connectivity index (χ1n) is 6.78. The minimum absolute atomic E-state index is 0.0422. The number of nitrogens with zero attached hydrogens (tertiary/aromatic N) is 2. The summed E-state index contributed by atoms with van der Waals surface area (Å²) in [6, 6.07) is 3.12. The standard InChI is InChI=1S/C14H21N3O2/c1-16-8-5-12(9-13(16)18)14(19)17-7-2-3-11(10-17)4-6-15/h5,8-9,11H,2-4,6-7,10,15H2,1H3. The molecular weight excluding hydrogens is 242 g/mol. The van der Waals surface area contributed by atoms with Gasteiger partial charge in [-0.25, -0.2) is 0 Å². The Morgan fingerprint density at radius 1 is 1.53 bits per heavy atom. The summed E-state index contributed by atoms with van der Waals surface area (Å²) < 4.78 is 1.46. The van der Waals surface area contributed by atoms with Gasteiger partial charge in [-0.1, -0.05) is 0 Å². The van der Waals surface area contributed by atoms with Crippen molar-refractivity contribution in [1.29, 1.82) is 0 Å². The number of aryl methyl sites for hydroxylation is 1. The number of hydrogen-bond acceptors (Lipinski definition) is 3. The molecule has 104 valence electrons. The summed E-state index contributed by atoms with van der Waals surface area (Å²) in [5, 5.41) is 0. The van der Waals surface area contributed by atoms with Crippen LogP contribution in [0.4, 0.5) is 0 Å². The fourth-order valence-electron chi connectivity index (χ4n) is 2.58. The van der Waals surface area contributed by atoms with E-state index in [1.54, 1.807) is 19.3 Å². The smallest absolute Gasteiger partial charge is 0.254 e. The average molecular weight is 263 g/mol. The number of aromatic nitrogens is 1. The van der Waals surface area contributed by atoms with Gasteiger partial charge in [0, 0.05) is 38.0 Å². The molecule has 0 radical (unpaired) electrons. The van der Waals surface area contributed by atoms with Crippen molar-refractivity contribution >= 4 is 5.91 Å². The van der Waals surface area contributed by atoms with Crippen LogP contribution >= 0.6 is 0 Å². The van der Waals surface area contributed by atoms with Crippen molar-refractivity contribution in [2.45, 2.75) is 19.3 Å². The lowest BCUT2D eigenvalue weighted by molar-refractivity contribution is 0.0669. The highest BCUT2D eigenvalue weighted by Crippen LogP contribution is 2.20. The Labute approximate surface area is 113 Å². The highest BCUT2D eigenvalue weighted by molar-refractivity contribution is 5.94. The van der Waals surface area contributed by atoms with Gasteiger partial charge in [0.1, 0.15) is 0 Å². The van der Waals surface area contributed by atoms with Crippen molar-refractivity contribution in [1.82, 2.24) is 9.47 Å². The van der Waals surface area contributed by atoms with E-state index in [1.807, 2.05) is 4.90 Å². The number of nitrogens with two attached hydrogens (primary N) is 1. The lowest BCUT2D eigenvalue weighted by Gasteiger charge is -2.32. The van der Waals surface area contributed by atoms with Crippen LogP contribution in [0.5, 0.6) is 0 Å². The zero-order chi connectivity index (χ0) is 13.8. The summed E-state index contributed by atoms with van der Waals surface area (Å²) in [6.07, 6.45) is 4.75. The molecule has 1 atom stereocenters. The Kier molecular flexibility index (Phi) is 4.37. The molecule has 1 amide bonds. The molecule has 0 saturated carbocycles. The van der Waals surface area contributed by atoms with Gasteiger partial charge in [0.05, 0.1) is 0 Å². The van der Waals surface area contributed by atoms with Crippen molar-refractivity contribution in [3.05, 3.63) is 34.2 Å². The molecule has 1 fully saturated rings. The van der Waals surface area contributed by atoms with Gasteiger partial charge in [-0.3, -0.25) is 9.59 Å². The van der Waals surface area contributed by atoms with Gasteiger partial charge in [0.25, 0.3) is 11.5 Å². The van der Waals surface area contributed by atoms with Crippen LogP contribution in [0.2, 0.25) is 0 Å². The molecule has 2 rings (SSSR count). The molecule has 19 heavy (non-hydrogen) atoms. The summed E-state index contributed by atoms with van der Waals surface area (Å²) in [5.41, 5.74) is 5.91. The molecule has 0 aromatic carbocycles. The fraction of sp³-hybridized carbons (Fsp3) is 0.571. The number of carbonyl (C=O) groups is 1. The molecule has 1 aliphatic heterocycles. The summed E-state index contributed by atoms with van der Waals surface area (Å²) in [4.78, 5) is 25.8. The van der Waals surface area contributed by atoms with Crippen molar-refractivity contribution in [2.75, 3.05) is 19.6 Å². The summed E-state index contributed by atoms with van der Waals surface area (Å²) in [7, 11) is 1.68. The predicted molar refractivity (Wildman–Crippen MR) is 74.0 cm³/mol. The van der Waals surface area contributed by atoms with Crippen molar-refractivity contribution in [3.63, 3.8) is 0 Å². The van der Waals surface area contributed by atoms with Crippen LogP contribution in [0.1, 0.15) is 29.6 Å². The normalized spacial score (nSPS) is 19.5. The SMILES string of the molecule is Cn1ccc(C(=O)N2CCCC(CCN)C2)cc1=O. The molecule has 1 aromatic rings. The number of rotatable bonds is 3. The lowest BCUT2D eigenvalue weighted by Crippen LogP contribution is -2.40. The molecule has 2 heterocycles. The van der Waals surface area contributed by atoms with Crippen LogP contribution < -0.4 is 11.3 Å². The molecule has 1 aromatic heterocycles. The third kappa shape index (κ3) is 3.23. The zero-order valence-electron chi connectivity index (χ0n) is 11.3. The minimum atomic E-state index is -0.152. The summed E-state index contributed by atoms with van der Waals surface area (Å²) in [5.74, 6) is 0.452. The Morgan fingerprint density at radius 3 is 3.00 bits per heavy atom. The molecule has 0 bridgehead atoms. The van der Waals surface area contributed by atoms with E-state index < -0.39 is 0 Å². The number of hydrogen-bond donors (Lipinski definition) is 1. The first-order chi connectivity index (χ1) is 9.11. The van der Waals surface area contributed by atoms with E-state index in [9.17, 15) is 9.59 Å². The van der Waals surface area contributed by atoms with Gasteiger partial charge in [0.2, 0.25) is 0 Å². The second-order valence-corrected chi connectivity index (χ2v) is 5.20. The average Bonchev–Trinajstić information content (AvgIpc) is 2.42. The number of carbonyl (C=O) groups excluding carboxylic acids is 1. The summed E-state index contributed by atoms with van der Waals surface area (Å²) in [6.45, 7) is 2.19. The molecule has 5 heteroatoms. The van der Waals surface area contributed by atoms with Gasteiger partial charge in [-0.15, -0.1) is 0 Å². The van der Waals surface area contributed by atoms with Crippen LogP contribution in [0.15, 0.2) is 23.1 Å². The van der Waals surface area contributed by atoms with E-state index in [0.717, 1.165) is 32.4 Å². The van der Waals surface area contributed by atoms with Crippen molar-refractivity contribution in [3.8, 4) is 0 Å². The van der Waals surface area contributed by atoms with Gasteiger partial charge in [-0.05, 0) is 37.8 Å². The second kappa shape index (κ2) is 6.02. The first kappa shape index (κ1) is 13.8. The Bertz CT molecular complexity index is 508. The molecule has 2 N–H and O–H groups in total. The van der Waals surface area contributed by atoms with Crippen LogP contribution in [-0.2, 0) is 7.05 Å². The van der Waals surface area contributed by atoms with Crippen LogP contribution in [-0.4, -0.2) is 35.0 Å². The van der Waals surface area contributed by atoms with E-state index in [0.29, 0.717) is 18.0 Å². The first-order valence-corrected chi connectivity index (χ1v) is 6.78. The van der Waals surface area contributed by atoms with Gasteiger partial charge >= 0.3 is 0 Å². The molecule has 1 unspecified atom stereocenters. The number of pyridine rings is 1. The maximum absolute atomic E-state index is 12.4. The molecule has 1 saturated heterocycles. The lowest BCUT2D eigenvalue weighted by atomic mass is 9.94. The topological polar surface area (TPSA) is 68.3 Å². The highest BCUT2D eigenvalue weighted by Gasteiger charge is 2.24. The zero-order valence-corrected chi connectivity index (χ0v) is 11.3. The maximum Gasteiger partial charge on any atom is 0.254 e. The number of likely N-dealkylation sites (tertiary alicyclic amines) is 1. The van der Waals surface area contributed by atoms with Crippen molar-refractivity contribution < 1.29 is 4.79 Å². The summed E-state index contributed by atoms with van der Waals surface area (Å²) >= 11 is 0. The monoisotopic (exact) mass is 263 g/mol. The quantitative estimate of drug-likeness (QED) is 0.867. The van der Waals surface area contributed by atoms with Gasteiger partial charge in [0.15, 0.2) is 0 Å². The van der Waals surface area contributed by atoms with E-state index in [-0.39, 0.29) is 11.5 Å². The van der Waals surface area contributed by atoms with Crippen molar-refractivity contribution in [2.24, 2.45) is 18.7 Å². The van der Waals surface area contributed by atoms with Crippen LogP contribution in [0.25, 0.3) is 0 Å². The molecule has 0 aliphatic carbocycles. The van der Waals surface area contributed by atoms with Gasteiger partial charge in [-0.2, -0.15) is 0 Å². The third-order valence-electron chi connectivity index (χ3n) is 3.73. The Morgan fingerprint density at radius 2 is 2.32 bits per heavy atom. The second-order valence-electron chi connectivity index (χ2n) is 5.20. The Hall–Kier alpha value is -1.62. The number of amides is 1. The fourth-order valence-corrected chi connectivity index (χ4v) is 2.58. The molecular formula is C14H21N3O2. The van der Waals surface area contributed by atoms with E-state index >= 15 is 0 Å². The van der Waals surface area contributed by atoms with E-state index in [2.05, 4.69) is 0 Å². The predicted octanol–water partition coefficient (Wildman–Crippen LogP) is 0.586. The highest BCUT2D eigenvalue weighted by atomic mass is 16.2. The van der Waals surface area contributed by atoms with E-state index in [1.165, 1.54) is 10.6 Å². The largest absolute Gasteiger partial charge is 0.338 e. The van der Waals surface area contributed by atoms with Gasteiger partial charge < -0.3 is 15.2 Å². The van der Waals surface area contributed by atoms with Crippen LogP contribution in [0, 0.1) is 5.92 Å². The molecule has 5 nitrogen and oxygen atoms in total. The minimum Gasteiger partial charge on any atom is -0.338 e. The third-order valence-corrected chi connectivity index (χ3v) is 3.73. The van der Waals surface area contributed by atoms with Crippen LogP contribution in [0.3, 0.4) is 0 Å². The molecule has 0 spiro atoms. The number of piperidine rings is 1.